The second-order valence-corrected chi connectivity index (χ2v) is 6.84. The van der Waals surface area contributed by atoms with E-state index in [1.807, 2.05) is 6.92 Å². The fraction of sp³-hybridized carbons (Fsp3) is 0.300. The molecule has 0 radical (unpaired) electrons. The summed E-state index contributed by atoms with van der Waals surface area (Å²) < 4.78 is 10.3. The van der Waals surface area contributed by atoms with E-state index >= 15 is 0 Å². The SMILES string of the molecule is COC(=O)C(C(=O)OC)=S1C(Cl)=CC(C)=C1Br. The van der Waals surface area contributed by atoms with Crippen LogP contribution in [0.3, 0.4) is 0 Å². The van der Waals surface area contributed by atoms with Gasteiger partial charge in [-0.3, -0.25) is 0 Å². The van der Waals surface area contributed by atoms with Gasteiger partial charge in [-0.25, -0.2) is 9.59 Å². The molecule has 0 bridgehead atoms. The predicted molar refractivity (Wildman–Crippen MR) is 72.2 cm³/mol. The van der Waals surface area contributed by atoms with Gasteiger partial charge in [0.05, 0.1) is 22.4 Å². The van der Waals surface area contributed by atoms with Crippen LogP contribution in [0.25, 0.3) is 0 Å². The molecule has 0 amide bonds. The van der Waals surface area contributed by atoms with E-state index < -0.39 is 22.4 Å². The molecule has 1 aliphatic rings. The average Bonchev–Trinajstić information content (AvgIpc) is 2.55. The summed E-state index contributed by atoms with van der Waals surface area (Å²) in [5.74, 6) is -1.48. The molecule has 1 heterocycles. The molecule has 0 spiro atoms. The van der Waals surface area contributed by atoms with Crippen molar-refractivity contribution in [2.24, 2.45) is 0 Å². The second-order valence-electron chi connectivity index (χ2n) is 3.02. The predicted octanol–water partition coefficient (Wildman–Crippen LogP) is 2.49. The average molecular weight is 342 g/mol. The lowest BCUT2D eigenvalue weighted by atomic mass is 10.4. The summed E-state index contributed by atoms with van der Waals surface area (Å²) in [6.07, 6.45) is 1.70. The zero-order valence-corrected chi connectivity index (χ0v) is 12.5. The van der Waals surface area contributed by atoms with Crippen molar-refractivity contribution in [3.05, 3.63) is 19.8 Å². The Labute approximate surface area is 115 Å². The molecule has 7 heteroatoms. The topological polar surface area (TPSA) is 52.6 Å². The maximum atomic E-state index is 11.6. The van der Waals surface area contributed by atoms with Gasteiger partial charge in [0.1, 0.15) is 0 Å². The lowest BCUT2D eigenvalue weighted by Gasteiger charge is -2.09. The van der Waals surface area contributed by atoms with Crippen LogP contribution in [0.5, 0.6) is 0 Å². The van der Waals surface area contributed by atoms with Crippen LogP contribution in [0.15, 0.2) is 19.8 Å². The minimum Gasteiger partial charge on any atom is -0.465 e. The number of methoxy groups -OCH3 is 2. The van der Waals surface area contributed by atoms with Crippen molar-refractivity contribution < 1.29 is 19.1 Å². The molecule has 94 valence electrons. The number of carbonyl (C=O) groups excluding carboxylic acids is 2. The smallest absolute Gasteiger partial charge is 0.351 e. The Hall–Kier alpha value is -0.590. The summed E-state index contributed by atoms with van der Waals surface area (Å²) >= 11 is 9.36. The van der Waals surface area contributed by atoms with Crippen LogP contribution < -0.4 is 0 Å². The van der Waals surface area contributed by atoms with Gasteiger partial charge in [-0.05, 0) is 34.5 Å². The molecule has 0 aromatic rings. The molecule has 17 heavy (non-hydrogen) atoms. The number of hydrogen-bond donors (Lipinski definition) is 0. The molecule has 0 aromatic carbocycles. The quantitative estimate of drug-likeness (QED) is 0.440. The van der Waals surface area contributed by atoms with Gasteiger partial charge in [0.2, 0.25) is 0 Å². The Kier molecular flexibility index (Phi) is 4.97. The van der Waals surface area contributed by atoms with Crippen molar-refractivity contribution in [1.29, 1.82) is 0 Å². The van der Waals surface area contributed by atoms with Gasteiger partial charge in [0.25, 0.3) is 0 Å². The first-order valence-corrected chi connectivity index (χ1v) is 6.85. The zero-order valence-electron chi connectivity index (χ0n) is 9.37. The lowest BCUT2D eigenvalue weighted by molar-refractivity contribution is -0.137. The van der Waals surface area contributed by atoms with Crippen molar-refractivity contribution >= 4 is 54.8 Å². The van der Waals surface area contributed by atoms with E-state index in [1.165, 1.54) is 14.2 Å². The normalized spacial score (nSPS) is 18.9. The van der Waals surface area contributed by atoms with Crippen LogP contribution in [0, 0.1) is 0 Å². The van der Waals surface area contributed by atoms with Crippen molar-refractivity contribution in [3.8, 4) is 0 Å². The van der Waals surface area contributed by atoms with Gasteiger partial charge in [0.15, 0.2) is 4.86 Å². The van der Waals surface area contributed by atoms with Gasteiger partial charge in [-0.2, -0.15) is 0 Å². The first kappa shape index (κ1) is 14.5. The van der Waals surface area contributed by atoms with Gasteiger partial charge in [-0.1, -0.05) is 22.1 Å². The molecule has 0 saturated carbocycles. The van der Waals surface area contributed by atoms with Crippen LogP contribution in [-0.2, 0) is 19.1 Å². The Balaban J connectivity index is 3.45. The van der Waals surface area contributed by atoms with E-state index in [0.29, 0.717) is 8.18 Å². The fourth-order valence-electron chi connectivity index (χ4n) is 1.15. The van der Waals surface area contributed by atoms with Crippen LogP contribution in [0.1, 0.15) is 6.92 Å². The Bertz CT molecular complexity index is 461. The highest BCUT2D eigenvalue weighted by Crippen LogP contribution is 2.49. The summed E-state index contributed by atoms with van der Waals surface area (Å²) in [5.41, 5.74) is 0.864. The molecule has 4 nitrogen and oxygen atoms in total. The maximum Gasteiger partial charge on any atom is 0.351 e. The molecule has 0 saturated heterocycles. The highest BCUT2D eigenvalue weighted by molar-refractivity contribution is 9.14. The highest BCUT2D eigenvalue weighted by Gasteiger charge is 2.30. The lowest BCUT2D eigenvalue weighted by Crippen LogP contribution is -2.26. The third kappa shape index (κ3) is 2.81. The molecule has 0 aliphatic carbocycles. The zero-order chi connectivity index (χ0) is 13.2. The highest BCUT2D eigenvalue weighted by atomic mass is 79.9. The maximum absolute atomic E-state index is 11.6. The van der Waals surface area contributed by atoms with Crippen LogP contribution in [0.2, 0.25) is 0 Å². The van der Waals surface area contributed by atoms with Crippen molar-refractivity contribution in [1.82, 2.24) is 0 Å². The van der Waals surface area contributed by atoms with Gasteiger partial charge < -0.3 is 9.47 Å². The molecule has 1 atom stereocenters. The number of allylic oxidation sites excluding steroid dienone is 2. The van der Waals surface area contributed by atoms with Gasteiger partial charge >= 0.3 is 11.9 Å². The Morgan fingerprint density at radius 1 is 1.29 bits per heavy atom. The molecule has 1 rings (SSSR count). The number of ether oxygens (including phenoxy) is 2. The van der Waals surface area contributed by atoms with Gasteiger partial charge in [-0.15, -0.1) is 0 Å². The van der Waals surface area contributed by atoms with E-state index in [4.69, 9.17) is 11.6 Å². The molecule has 0 aromatic heterocycles. The van der Waals surface area contributed by atoms with Gasteiger partial charge in [0, 0.05) is 0 Å². The number of carbonyl (C=O) groups is 2. The summed E-state index contributed by atoms with van der Waals surface area (Å²) in [5, 5.41) is 0. The number of rotatable bonds is 2. The van der Waals surface area contributed by atoms with Crippen molar-refractivity contribution in [3.63, 3.8) is 0 Å². The van der Waals surface area contributed by atoms with Crippen molar-refractivity contribution in [2.45, 2.75) is 6.92 Å². The Morgan fingerprint density at radius 3 is 2.06 bits per heavy atom. The number of esters is 2. The third-order valence-corrected chi connectivity index (χ3v) is 6.06. The fourth-order valence-corrected chi connectivity index (χ4v) is 4.91. The van der Waals surface area contributed by atoms with Crippen LogP contribution in [-0.4, -0.2) is 31.0 Å². The van der Waals surface area contributed by atoms with E-state index in [9.17, 15) is 9.59 Å². The largest absolute Gasteiger partial charge is 0.465 e. The summed E-state index contributed by atoms with van der Waals surface area (Å²) in [7, 11) is 1.45. The summed E-state index contributed by atoms with van der Waals surface area (Å²) in [4.78, 5) is 23.1. The Morgan fingerprint density at radius 2 is 1.76 bits per heavy atom. The first-order valence-electron chi connectivity index (χ1n) is 4.45. The molecule has 1 aliphatic heterocycles. The van der Waals surface area contributed by atoms with E-state index in [0.717, 1.165) is 5.57 Å². The van der Waals surface area contributed by atoms with Crippen LogP contribution in [0.4, 0.5) is 0 Å². The molecular weight excluding hydrogens is 332 g/mol. The van der Waals surface area contributed by atoms with E-state index in [1.54, 1.807) is 6.08 Å². The third-order valence-electron chi connectivity index (χ3n) is 1.96. The monoisotopic (exact) mass is 340 g/mol. The number of halogens is 2. The molecule has 0 fully saturated rings. The minimum absolute atomic E-state index is 0.111. The second kappa shape index (κ2) is 5.84. The van der Waals surface area contributed by atoms with E-state index in [2.05, 4.69) is 25.4 Å². The first-order chi connectivity index (χ1) is 7.93. The number of hydrogen-bond acceptors (Lipinski definition) is 4. The molecular formula is C10H10BrClO4S. The van der Waals surface area contributed by atoms with Crippen molar-refractivity contribution in [2.75, 3.05) is 14.2 Å². The molecule has 0 N–H and O–H groups in total. The van der Waals surface area contributed by atoms with E-state index in [-0.39, 0.29) is 4.86 Å². The standard InChI is InChI=1S/C10H10BrClO4S/c1-5-4-6(12)17(8(5)11)7(9(13)15-2)10(14)16-3/h4H,1-3H3. The minimum atomic E-state index is -0.954. The molecule has 1 unspecified atom stereocenters. The summed E-state index contributed by atoms with van der Waals surface area (Å²) in [6.45, 7) is 1.83. The van der Waals surface area contributed by atoms with Crippen LogP contribution >= 0.6 is 38.0 Å². The summed E-state index contributed by atoms with van der Waals surface area (Å²) in [6, 6.07) is 0.